The molecule has 0 aromatic rings. The highest BCUT2D eigenvalue weighted by molar-refractivity contribution is 5.48. The molecular formula is C5H6F3NO2. The Balaban J connectivity index is 2.63. The van der Waals surface area contributed by atoms with Gasteiger partial charge in [-0.25, -0.2) is 0 Å². The molecule has 1 aliphatic heterocycles. The van der Waals surface area contributed by atoms with Crippen molar-refractivity contribution in [2.45, 2.75) is 12.4 Å². The second kappa shape index (κ2) is 2.69. The first-order valence-electron chi connectivity index (χ1n) is 2.95. The van der Waals surface area contributed by atoms with Crippen molar-refractivity contribution >= 4 is 6.41 Å². The first-order chi connectivity index (χ1) is 5.05. The number of amides is 1. The lowest BCUT2D eigenvalue weighted by atomic mass is 10.5. The molecule has 0 bridgehead atoms. The second-order valence-electron chi connectivity index (χ2n) is 2.11. The molecule has 1 atom stereocenters. The molecular weight excluding hydrogens is 163 g/mol. The Labute approximate surface area is 60.7 Å². The molecule has 1 unspecified atom stereocenters. The maximum atomic E-state index is 11.9. The van der Waals surface area contributed by atoms with E-state index in [1.165, 1.54) is 0 Å². The zero-order valence-corrected chi connectivity index (χ0v) is 5.47. The maximum Gasteiger partial charge on any atom is 0.433 e. The fraction of sp³-hybridized carbons (Fsp3) is 0.800. The van der Waals surface area contributed by atoms with Crippen molar-refractivity contribution in [3.8, 4) is 0 Å². The molecule has 1 saturated heterocycles. The van der Waals surface area contributed by atoms with Gasteiger partial charge in [-0.3, -0.25) is 4.79 Å². The van der Waals surface area contributed by atoms with E-state index >= 15 is 0 Å². The Morgan fingerprint density at radius 2 is 2.18 bits per heavy atom. The van der Waals surface area contributed by atoms with E-state index in [0.29, 0.717) is 4.90 Å². The molecule has 0 aromatic heterocycles. The molecule has 0 aliphatic carbocycles. The molecule has 6 heteroatoms. The summed E-state index contributed by atoms with van der Waals surface area (Å²) in [6.45, 7) is -0.0450. The number of hydrogen-bond acceptors (Lipinski definition) is 2. The SMILES string of the molecule is O=CN1CCOC1C(F)(F)F. The van der Waals surface area contributed by atoms with Gasteiger partial charge in [-0.2, -0.15) is 13.2 Å². The van der Waals surface area contributed by atoms with E-state index in [9.17, 15) is 18.0 Å². The van der Waals surface area contributed by atoms with E-state index in [4.69, 9.17) is 0 Å². The number of ether oxygens (including phenoxy) is 1. The topological polar surface area (TPSA) is 29.5 Å². The number of carbonyl (C=O) groups is 1. The summed E-state index contributed by atoms with van der Waals surface area (Å²) in [6, 6.07) is 0. The predicted octanol–water partition coefficient (Wildman–Crippen LogP) is 0.363. The summed E-state index contributed by atoms with van der Waals surface area (Å²) in [6.07, 6.45) is -6.37. The van der Waals surface area contributed by atoms with Crippen molar-refractivity contribution in [2.24, 2.45) is 0 Å². The average molecular weight is 169 g/mol. The van der Waals surface area contributed by atoms with E-state index in [2.05, 4.69) is 4.74 Å². The Morgan fingerprint density at radius 1 is 1.55 bits per heavy atom. The number of nitrogens with zero attached hydrogens (tertiary/aromatic N) is 1. The van der Waals surface area contributed by atoms with Crippen molar-refractivity contribution in [1.29, 1.82) is 0 Å². The number of hydrogen-bond donors (Lipinski definition) is 0. The quantitative estimate of drug-likeness (QED) is 0.530. The van der Waals surface area contributed by atoms with Crippen LogP contribution in [0, 0.1) is 0 Å². The Morgan fingerprint density at radius 3 is 2.55 bits per heavy atom. The van der Waals surface area contributed by atoms with Crippen LogP contribution in [0.15, 0.2) is 0 Å². The highest BCUT2D eigenvalue weighted by Crippen LogP contribution is 2.27. The number of carbonyl (C=O) groups excluding carboxylic acids is 1. The van der Waals surface area contributed by atoms with E-state index in [0.717, 1.165) is 0 Å². The van der Waals surface area contributed by atoms with E-state index in [1.54, 1.807) is 0 Å². The minimum absolute atomic E-state index is 0.00762. The Hall–Kier alpha value is -0.780. The highest BCUT2D eigenvalue weighted by atomic mass is 19.4. The van der Waals surface area contributed by atoms with Crippen LogP contribution in [0.1, 0.15) is 0 Å². The zero-order valence-electron chi connectivity index (χ0n) is 5.47. The number of rotatable bonds is 1. The minimum Gasteiger partial charge on any atom is -0.348 e. The molecule has 3 nitrogen and oxygen atoms in total. The van der Waals surface area contributed by atoms with Gasteiger partial charge in [0.25, 0.3) is 0 Å². The third-order valence-electron chi connectivity index (χ3n) is 1.34. The van der Waals surface area contributed by atoms with E-state index in [1.807, 2.05) is 0 Å². The van der Waals surface area contributed by atoms with Crippen molar-refractivity contribution in [3.63, 3.8) is 0 Å². The normalized spacial score (nSPS) is 25.7. The smallest absolute Gasteiger partial charge is 0.348 e. The van der Waals surface area contributed by atoms with E-state index in [-0.39, 0.29) is 19.6 Å². The van der Waals surface area contributed by atoms with Gasteiger partial charge in [0.2, 0.25) is 12.6 Å². The summed E-state index contributed by atoms with van der Waals surface area (Å²) in [4.78, 5) is 10.6. The molecule has 64 valence electrons. The van der Waals surface area contributed by atoms with Crippen LogP contribution in [0.4, 0.5) is 13.2 Å². The maximum absolute atomic E-state index is 11.9. The van der Waals surface area contributed by atoms with Crippen LogP contribution < -0.4 is 0 Å². The molecule has 1 rings (SSSR count). The Bertz CT molecular complexity index is 158. The monoisotopic (exact) mass is 169 g/mol. The van der Waals surface area contributed by atoms with Crippen LogP contribution in [0.3, 0.4) is 0 Å². The molecule has 0 aromatic carbocycles. The van der Waals surface area contributed by atoms with Crippen molar-refractivity contribution in [1.82, 2.24) is 4.90 Å². The molecule has 11 heavy (non-hydrogen) atoms. The first-order valence-corrected chi connectivity index (χ1v) is 2.95. The third-order valence-corrected chi connectivity index (χ3v) is 1.34. The molecule has 1 amide bonds. The second-order valence-corrected chi connectivity index (χ2v) is 2.11. The lowest BCUT2D eigenvalue weighted by Crippen LogP contribution is -2.41. The zero-order chi connectivity index (χ0) is 8.48. The van der Waals surface area contributed by atoms with Crippen molar-refractivity contribution in [3.05, 3.63) is 0 Å². The van der Waals surface area contributed by atoms with Gasteiger partial charge >= 0.3 is 6.18 Å². The fourth-order valence-electron chi connectivity index (χ4n) is 0.873. The van der Waals surface area contributed by atoms with Crippen molar-refractivity contribution < 1.29 is 22.7 Å². The van der Waals surface area contributed by atoms with Crippen LogP contribution in [0.25, 0.3) is 0 Å². The summed E-state index contributed by atoms with van der Waals surface area (Å²) >= 11 is 0. The minimum atomic E-state index is -4.47. The molecule has 1 fully saturated rings. The molecule has 1 heterocycles. The van der Waals surface area contributed by atoms with Gasteiger partial charge in [0.1, 0.15) is 0 Å². The summed E-state index contributed by atoms with van der Waals surface area (Å²) in [5.41, 5.74) is 0. The molecule has 0 saturated carbocycles. The standard InChI is InChI=1S/C5H6F3NO2/c6-5(7,8)4-9(3-10)1-2-11-4/h3-4H,1-2H2. The van der Waals surface area contributed by atoms with Gasteiger partial charge in [0, 0.05) is 6.54 Å². The van der Waals surface area contributed by atoms with E-state index < -0.39 is 12.4 Å². The highest BCUT2D eigenvalue weighted by Gasteiger charge is 2.47. The summed E-state index contributed by atoms with van der Waals surface area (Å²) < 4.78 is 39.9. The van der Waals surface area contributed by atoms with Gasteiger partial charge in [-0.05, 0) is 0 Å². The molecule has 0 spiro atoms. The largest absolute Gasteiger partial charge is 0.433 e. The van der Waals surface area contributed by atoms with Crippen molar-refractivity contribution in [2.75, 3.05) is 13.2 Å². The summed E-state index contributed by atoms with van der Waals surface area (Å²) in [5.74, 6) is 0. The predicted molar refractivity (Wildman–Crippen MR) is 28.6 cm³/mol. The average Bonchev–Trinajstić information content (AvgIpc) is 2.31. The first kappa shape index (κ1) is 8.32. The third kappa shape index (κ3) is 1.62. The molecule has 0 radical (unpaired) electrons. The van der Waals surface area contributed by atoms with Gasteiger partial charge in [-0.1, -0.05) is 0 Å². The molecule has 0 N–H and O–H groups in total. The van der Waals surface area contributed by atoms with Crippen LogP contribution >= 0.6 is 0 Å². The van der Waals surface area contributed by atoms with Gasteiger partial charge in [-0.15, -0.1) is 0 Å². The number of alkyl halides is 3. The summed E-state index contributed by atoms with van der Waals surface area (Å²) in [5, 5.41) is 0. The lowest BCUT2D eigenvalue weighted by Gasteiger charge is -2.20. The van der Waals surface area contributed by atoms with Gasteiger partial charge < -0.3 is 9.64 Å². The van der Waals surface area contributed by atoms with Crippen LogP contribution in [-0.2, 0) is 9.53 Å². The number of halogens is 3. The lowest BCUT2D eigenvalue weighted by molar-refractivity contribution is -0.235. The van der Waals surface area contributed by atoms with Crippen LogP contribution in [0.2, 0.25) is 0 Å². The van der Waals surface area contributed by atoms with Crippen LogP contribution in [-0.4, -0.2) is 36.9 Å². The Kier molecular flexibility index (Phi) is 2.03. The van der Waals surface area contributed by atoms with Gasteiger partial charge in [0.15, 0.2) is 0 Å². The fourth-order valence-corrected chi connectivity index (χ4v) is 0.873. The van der Waals surface area contributed by atoms with Crippen LogP contribution in [0.5, 0.6) is 0 Å². The summed E-state index contributed by atoms with van der Waals surface area (Å²) in [7, 11) is 0. The van der Waals surface area contributed by atoms with Gasteiger partial charge in [0.05, 0.1) is 6.61 Å². The molecule has 1 aliphatic rings.